The molecule has 0 saturated heterocycles. The van der Waals surface area contributed by atoms with E-state index in [0.717, 1.165) is 0 Å². The molecular formula is C14H14F2N2. The molecule has 2 nitrogen and oxygen atoms in total. The van der Waals surface area contributed by atoms with Crippen molar-refractivity contribution in [1.29, 1.82) is 0 Å². The van der Waals surface area contributed by atoms with Crippen LogP contribution in [0.5, 0.6) is 0 Å². The van der Waals surface area contributed by atoms with Crippen molar-refractivity contribution in [3.8, 4) is 0 Å². The van der Waals surface area contributed by atoms with Gasteiger partial charge in [-0.15, -0.1) is 0 Å². The van der Waals surface area contributed by atoms with Crippen LogP contribution < -0.4 is 10.6 Å². The lowest BCUT2D eigenvalue weighted by atomic mass is 10.2. The number of anilines is 2. The number of hydrogen-bond donors (Lipinski definition) is 1. The maximum atomic E-state index is 13.5. The van der Waals surface area contributed by atoms with E-state index < -0.39 is 5.82 Å². The van der Waals surface area contributed by atoms with E-state index in [-0.39, 0.29) is 5.82 Å². The monoisotopic (exact) mass is 248 g/mol. The predicted octanol–water partition coefficient (Wildman–Crippen LogP) is 3.18. The third kappa shape index (κ3) is 2.77. The molecule has 0 atom stereocenters. The van der Waals surface area contributed by atoms with Gasteiger partial charge in [0, 0.05) is 30.5 Å². The second kappa shape index (κ2) is 5.04. The Labute approximate surface area is 105 Å². The molecule has 0 amide bonds. The minimum atomic E-state index is -0.398. The smallest absolute Gasteiger partial charge is 0.128 e. The third-order valence-corrected chi connectivity index (χ3v) is 2.71. The highest BCUT2D eigenvalue weighted by molar-refractivity contribution is 5.56. The summed E-state index contributed by atoms with van der Waals surface area (Å²) in [6.45, 7) is 0.357. The fraction of sp³-hybridized carbons (Fsp3) is 0.143. The van der Waals surface area contributed by atoms with Gasteiger partial charge in [0.2, 0.25) is 0 Å². The van der Waals surface area contributed by atoms with Crippen LogP contribution in [0.3, 0.4) is 0 Å². The van der Waals surface area contributed by atoms with Gasteiger partial charge < -0.3 is 10.6 Å². The van der Waals surface area contributed by atoms with Gasteiger partial charge in [-0.3, -0.25) is 0 Å². The number of nitrogen functional groups attached to an aromatic ring is 1. The molecule has 0 radical (unpaired) electrons. The minimum absolute atomic E-state index is 0.270. The average Bonchev–Trinajstić information content (AvgIpc) is 2.31. The van der Waals surface area contributed by atoms with Gasteiger partial charge in [-0.1, -0.05) is 18.2 Å². The average molecular weight is 248 g/mol. The van der Waals surface area contributed by atoms with E-state index in [1.807, 2.05) is 0 Å². The molecule has 0 unspecified atom stereocenters. The molecule has 0 bridgehead atoms. The maximum absolute atomic E-state index is 13.5. The van der Waals surface area contributed by atoms with Gasteiger partial charge in [0.1, 0.15) is 11.6 Å². The quantitative estimate of drug-likeness (QED) is 0.845. The van der Waals surface area contributed by atoms with Crippen LogP contribution in [-0.2, 0) is 6.54 Å². The first-order chi connectivity index (χ1) is 8.56. The molecule has 94 valence electrons. The number of nitrogens with two attached hydrogens (primary N) is 1. The molecule has 0 aliphatic heterocycles. The van der Waals surface area contributed by atoms with Crippen molar-refractivity contribution in [2.75, 3.05) is 17.7 Å². The van der Waals surface area contributed by atoms with Gasteiger partial charge >= 0.3 is 0 Å². The number of benzene rings is 2. The molecule has 2 rings (SSSR count). The van der Waals surface area contributed by atoms with E-state index >= 15 is 0 Å². The Balaban J connectivity index is 2.22. The number of rotatable bonds is 3. The van der Waals surface area contributed by atoms with Crippen LogP contribution in [0.1, 0.15) is 5.56 Å². The molecule has 0 fully saturated rings. The molecule has 0 saturated carbocycles. The summed E-state index contributed by atoms with van der Waals surface area (Å²) in [6.07, 6.45) is 0. The lowest BCUT2D eigenvalue weighted by molar-refractivity contribution is 0.607. The second-order valence-corrected chi connectivity index (χ2v) is 4.19. The summed E-state index contributed by atoms with van der Waals surface area (Å²) in [6, 6.07) is 10.8. The fourth-order valence-electron chi connectivity index (χ4n) is 1.79. The van der Waals surface area contributed by atoms with Crippen LogP contribution in [0.4, 0.5) is 20.2 Å². The lowest BCUT2D eigenvalue weighted by Gasteiger charge is -2.20. The van der Waals surface area contributed by atoms with Crippen LogP contribution in [-0.4, -0.2) is 7.05 Å². The zero-order valence-corrected chi connectivity index (χ0v) is 10.0. The summed E-state index contributed by atoms with van der Waals surface area (Å²) in [7, 11) is 1.76. The molecule has 2 aromatic carbocycles. The normalized spacial score (nSPS) is 10.4. The summed E-state index contributed by atoms with van der Waals surface area (Å²) in [4.78, 5) is 1.75. The Kier molecular flexibility index (Phi) is 3.46. The van der Waals surface area contributed by atoms with E-state index in [1.165, 1.54) is 18.2 Å². The van der Waals surface area contributed by atoms with Crippen molar-refractivity contribution in [2.24, 2.45) is 0 Å². The highest BCUT2D eigenvalue weighted by atomic mass is 19.1. The number of hydrogen-bond acceptors (Lipinski definition) is 2. The van der Waals surface area contributed by atoms with Crippen LogP contribution in [0.25, 0.3) is 0 Å². The zero-order chi connectivity index (χ0) is 13.1. The number of halogens is 2. The maximum Gasteiger partial charge on any atom is 0.128 e. The molecule has 0 aliphatic carbocycles. The largest absolute Gasteiger partial charge is 0.399 e. The van der Waals surface area contributed by atoms with Gasteiger partial charge in [0.05, 0.1) is 0 Å². The Morgan fingerprint density at radius 3 is 2.50 bits per heavy atom. The Morgan fingerprint density at radius 2 is 1.83 bits per heavy atom. The van der Waals surface area contributed by atoms with Crippen molar-refractivity contribution >= 4 is 11.4 Å². The molecule has 2 aromatic rings. The van der Waals surface area contributed by atoms with Crippen molar-refractivity contribution in [2.45, 2.75) is 6.54 Å². The topological polar surface area (TPSA) is 29.3 Å². The van der Waals surface area contributed by atoms with E-state index in [2.05, 4.69) is 0 Å². The molecular weight excluding hydrogens is 234 g/mol. The highest BCUT2D eigenvalue weighted by Gasteiger charge is 2.07. The van der Waals surface area contributed by atoms with E-state index in [9.17, 15) is 8.78 Å². The Hall–Kier alpha value is -2.10. The molecule has 18 heavy (non-hydrogen) atoms. The highest BCUT2D eigenvalue weighted by Crippen LogP contribution is 2.21. The van der Waals surface area contributed by atoms with Gasteiger partial charge in [0.15, 0.2) is 0 Å². The van der Waals surface area contributed by atoms with Gasteiger partial charge in [-0.05, 0) is 24.3 Å². The minimum Gasteiger partial charge on any atom is -0.399 e. The second-order valence-electron chi connectivity index (χ2n) is 4.19. The first-order valence-corrected chi connectivity index (χ1v) is 5.57. The first kappa shape index (κ1) is 12.4. The Morgan fingerprint density at radius 1 is 1.11 bits per heavy atom. The molecule has 2 N–H and O–H groups in total. The van der Waals surface area contributed by atoms with Crippen molar-refractivity contribution < 1.29 is 8.78 Å². The standard InChI is InChI=1S/C14H14F2N2/c1-18(9-10-4-2-3-5-14(10)16)13-7-11(15)6-12(17)8-13/h2-8H,9,17H2,1H3. The van der Waals surface area contributed by atoms with Gasteiger partial charge in [-0.2, -0.15) is 0 Å². The number of nitrogens with zero attached hydrogens (tertiary/aromatic N) is 1. The summed E-state index contributed by atoms with van der Waals surface area (Å²) in [5.41, 5.74) is 7.11. The van der Waals surface area contributed by atoms with E-state index in [1.54, 1.807) is 36.2 Å². The SMILES string of the molecule is CN(Cc1ccccc1F)c1cc(N)cc(F)c1. The summed E-state index contributed by atoms with van der Waals surface area (Å²) in [5.74, 6) is -0.667. The molecule has 4 heteroatoms. The predicted molar refractivity (Wildman–Crippen MR) is 69.3 cm³/mol. The van der Waals surface area contributed by atoms with Crippen molar-refractivity contribution in [1.82, 2.24) is 0 Å². The molecule has 0 aromatic heterocycles. The van der Waals surface area contributed by atoms with Gasteiger partial charge in [0.25, 0.3) is 0 Å². The van der Waals surface area contributed by atoms with Gasteiger partial charge in [-0.25, -0.2) is 8.78 Å². The molecule has 0 heterocycles. The molecule has 0 aliphatic rings. The summed E-state index contributed by atoms with van der Waals surface area (Å²) in [5, 5.41) is 0. The summed E-state index contributed by atoms with van der Waals surface area (Å²) >= 11 is 0. The fourth-order valence-corrected chi connectivity index (χ4v) is 1.79. The Bertz CT molecular complexity index is 535. The first-order valence-electron chi connectivity index (χ1n) is 5.57. The van der Waals surface area contributed by atoms with E-state index in [4.69, 9.17) is 5.73 Å². The van der Waals surface area contributed by atoms with Crippen LogP contribution in [0, 0.1) is 11.6 Å². The van der Waals surface area contributed by atoms with Crippen molar-refractivity contribution in [3.63, 3.8) is 0 Å². The van der Waals surface area contributed by atoms with Crippen molar-refractivity contribution in [3.05, 3.63) is 59.7 Å². The van der Waals surface area contributed by atoms with E-state index in [0.29, 0.717) is 23.5 Å². The van der Waals surface area contributed by atoms with Crippen LogP contribution in [0.15, 0.2) is 42.5 Å². The zero-order valence-electron chi connectivity index (χ0n) is 10.0. The third-order valence-electron chi connectivity index (χ3n) is 2.71. The van der Waals surface area contributed by atoms with Crippen LogP contribution in [0.2, 0.25) is 0 Å². The summed E-state index contributed by atoms with van der Waals surface area (Å²) < 4.78 is 26.7. The van der Waals surface area contributed by atoms with Crippen LogP contribution >= 0.6 is 0 Å². The molecule has 0 spiro atoms. The lowest BCUT2D eigenvalue weighted by Crippen LogP contribution is -2.17.